The number of carbonyl (C=O) groups excluding carboxylic acids is 1. The van der Waals surface area contributed by atoms with Crippen LogP contribution in [0.25, 0.3) is 0 Å². The van der Waals surface area contributed by atoms with Crippen molar-refractivity contribution in [3.05, 3.63) is 58.1 Å². The molecule has 8 heteroatoms. The van der Waals surface area contributed by atoms with Crippen molar-refractivity contribution >= 4 is 40.5 Å². The first-order valence-electron chi connectivity index (χ1n) is 7.94. The first-order chi connectivity index (χ1) is 12.5. The van der Waals surface area contributed by atoms with Gasteiger partial charge in [-0.1, -0.05) is 42.3 Å². The first-order valence-corrected chi connectivity index (χ1v) is 8.69. The second kappa shape index (κ2) is 7.53. The summed E-state index contributed by atoms with van der Waals surface area (Å²) in [5, 5.41) is 7.20. The number of anilines is 1. The maximum atomic E-state index is 12.2. The number of carbonyl (C=O) groups is 1. The summed E-state index contributed by atoms with van der Waals surface area (Å²) in [6.07, 6.45) is 0. The smallest absolute Gasteiger partial charge is 0.281 e. The van der Waals surface area contributed by atoms with E-state index in [-0.39, 0.29) is 12.0 Å². The molecule has 3 rings (SSSR count). The molecule has 136 valence electrons. The number of nitrogens with two attached hydrogens (primary N) is 1. The van der Waals surface area contributed by atoms with Crippen molar-refractivity contribution in [2.45, 2.75) is 13.0 Å². The van der Waals surface area contributed by atoms with Gasteiger partial charge in [0.15, 0.2) is 0 Å². The molecule has 1 aliphatic rings. The van der Waals surface area contributed by atoms with Crippen molar-refractivity contribution in [3.8, 4) is 5.75 Å². The standard InChI is InChI=1S/C18H18Cl2N4O2/c1-10-16(18(25)22-21)23-24(15-8-5-12(19)9-14(15)20)17(10)11-3-6-13(26-2)7-4-11/h3-10,17H,21H2,1-2H3,(H,22,25)/t10-,17+/m0/s1. The second-order valence-corrected chi connectivity index (χ2v) is 6.75. The van der Waals surface area contributed by atoms with E-state index in [0.29, 0.717) is 21.4 Å². The van der Waals surface area contributed by atoms with Crippen LogP contribution in [0.5, 0.6) is 5.75 Å². The maximum absolute atomic E-state index is 12.2. The minimum absolute atomic E-state index is 0.210. The summed E-state index contributed by atoms with van der Waals surface area (Å²) in [5.74, 6) is 5.42. The average Bonchev–Trinajstić information content (AvgIpc) is 2.98. The summed E-state index contributed by atoms with van der Waals surface area (Å²) in [7, 11) is 1.61. The summed E-state index contributed by atoms with van der Waals surface area (Å²) in [6, 6.07) is 12.5. The number of hydrazone groups is 1. The van der Waals surface area contributed by atoms with Crippen LogP contribution in [0.2, 0.25) is 10.0 Å². The number of ether oxygens (including phenoxy) is 1. The molecule has 0 unspecified atom stereocenters. The first kappa shape index (κ1) is 18.5. The molecule has 2 aromatic carbocycles. The van der Waals surface area contributed by atoms with Crippen LogP contribution < -0.4 is 21.0 Å². The topological polar surface area (TPSA) is 79.9 Å². The van der Waals surface area contributed by atoms with E-state index >= 15 is 0 Å². The molecule has 2 atom stereocenters. The summed E-state index contributed by atoms with van der Waals surface area (Å²) < 4.78 is 5.22. The number of hydrogen-bond acceptors (Lipinski definition) is 5. The van der Waals surface area contributed by atoms with Crippen LogP contribution in [0.4, 0.5) is 5.69 Å². The zero-order valence-corrected chi connectivity index (χ0v) is 15.8. The van der Waals surface area contributed by atoms with E-state index in [0.717, 1.165) is 11.3 Å². The predicted molar refractivity (Wildman–Crippen MR) is 104 cm³/mol. The Morgan fingerprint density at radius 2 is 1.92 bits per heavy atom. The minimum atomic E-state index is -0.427. The number of amides is 1. The van der Waals surface area contributed by atoms with Crippen LogP contribution in [0.3, 0.4) is 0 Å². The lowest BCUT2D eigenvalue weighted by Gasteiger charge is -2.27. The minimum Gasteiger partial charge on any atom is -0.497 e. The fourth-order valence-electron chi connectivity index (χ4n) is 3.06. The number of benzene rings is 2. The SMILES string of the molecule is COc1ccc([C@H]2[C@@H](C)C(C(=O)NN)=NN2c2ccc(Cl)cc2Cl)cc1. The van der Waals surface area contributed by atoms with Gasteiger partial charge in [0, 0.05) is 10.9 Å². The van der Waals surface area contributed by atoms with Crippen molar-refractivity contribution in [2.24, 2.45) is 16.9 Å². The van der Waals surface area contributed by atoms with Gasteiger partial charge in [0.25, 0.3) is 5.91 Å². The second-order valence-electron chi connectivity index (χ2n) is 5.91. The van der Waals surface area contributed by atoms with Gasteiger partial charge in [-0.05, 0) is 35.9 Å². The highest BCUT2D eigenvalue weighted by Crippen LogP contribution is 2.42. The Morgan fingerprint density at radius 1 is 1.23 bits per heavy atom. The van der Waals surface area contributed by atoms with E-state index in [1.165, 1.54) is 0 Å². The Balaban J connectivity index is 2.08. The van der Waals surface area contributed by atoms with Gasteiger partial charge in [0.05, 0.1) is 23.9 Å². The Kier molecular flexibility index (Phi) is 5.36. The van der Waals surface area contributed by atoms with Crippen LogP contribution in [0.1, 0.15) is 18.5 Å². The van der Waals surface area contributed by atoms with Gasteiger partial charge < -0.3 is 4.74 Å². The molecular weight excluding hydrogens is 375 g/mol. The maximum Gasteiger partial charge on any atom is 0.281 e. The third-order valence-electron chi connectivity index (χ3n) is 4.36. The molecule has 0 radical (unpaired) electrons. The van der Waals surface area contributed by atoms with Crippen molar-refractivity contribution in [3.63, 3.8) is 0 Å². The highest BCUT2D eigenvalue weighted by Gasteiger charge is 2.39. The van der Waals surface area contributed by atoms with Crippen molar-refractivity contribution in [2.75, 3.05) is 12.1 Å². The molecule has 0 fully saturated rings. The highest BCUT2D eigenvalue weighted by atomic mass is 35.5. The van der Waals surface area contributed by atoms with E-state index in [1.807, 2.05) is 31.2 Å². The van der Waals surface area contributed by atoms with Gasteiger partial charge in [-0.2, -0.15) is 5.10 Å². The molecule has 1 heterocycles. The monoisotopic (exact) mass is 392 g/mol. The van der Waals surface area contributed by atoms with Gasteiger partial charge in [-0.25, -0.2) is 5.84 Å². The molecule has 0 saturated carbocycles. The molecule has 0 aromatic heterocycles. The number of methoxy groups -OCH3 is 1. The predicted octanol–water partition coefficient (Wildman–Crippen LogP) is 3.55. The number of nitrogens with one attached hydrogen (secondary N) is 1. The van der Waals surface area contributed by atoms with Crippen LogP contribution in [-0.4, -0.2) is 18.7 Å². The molecule has 1 aliphatic heterocycles. The zero-order chi connectivity index (χ0) is 18.8. The van der Waals surface area contributed by atoms with E-state index in [1.54, 1.807) is 30.3 Å². The normalized spacial score (nSPS) is 19.3. The van der Waals surface area contributed by atoms with Gasteiger partial charge >= 0.3 is 0 Å². The van der Waals surface area contributed by atoms with Crippen molar-refractivity contribution in [1.82, 2.24) is 5.43 Å². The quantitative estimate of drug-likeness (QED) is 0.473. The Labute approximate surface area is 161 Å². The summed E-state index contributed by atoms with van der Waals surface area (Å²) in [6.45, 7) is 1.92. The van der Waals surface area contributed by atoms with Gasteiger partial charge in [-0.3, -0.25) is 15.2 Å². The van der Waals surface area contributed by atoms with Gasteiger partial charge in [0.2, 0.25) is 0 Å². The molecule has 0 spiro atoms. The lowest BCUT2D eigenvalue weighted by atomic mass is 9.91. The van der Waals surface area contributed by atoms with Crippen LogP contribution in [-0.2, 0) is 4.79 Å². The Bertz CT molecular complexity index is 855. The zero-order valence-electron chi connectivity index (χ0n) is 14.2. The van der Waals surface area contributed by atoms with Gasteiger partial charge in [-0.15, -0.1) is 0 Å². The Morgan fingerprint density at radius 3 is 2.50 bits per heavy atom. The van der Waals surface area contributed by atoms with E-state index in [9.17, 15) is 4.79 Å². The molecule has 2 aromatic rings. The summed E-state index contributed by atoms with van der Waals surface area (Å²) in [5.41, 5.74) is 4.11. The number of rotatable bonds is 4. The third-order valence-corrected chi connectivity index (χ3v) is 4.90. The molecule has 0 aliphatic carbocycles. The fourth-order valence-corrected chi connectivity index (χ4v) is 3.55. The molecular formula is C18H18Cl2N4O2. The van der Waals surface area contributed by atoms with E-state index < -0.39 is 5.91 Å². The van der Waals surface area contributed by atoms with Crippen LogP contribution in [0.15, 0.2) is 47.6 Å². The molecule has 0 bridgehead atoms. The Hall–Kier alpha value is -2.28. The van der Waals surface area contributed by atoms with E-state index in [4.69, 9.17) is 33.8 Å². The number of halogens is 2. The van der Waals surface area contributed by atoms with E-state index in [2.05, 4.69) is 10.5 Å². The number of hydrogen-bond donors (Lipinski definition) is 2. The highest BCUT2D eigenvalue weighted by molar-refractivity contribution is 6.40. The summed E-state index contributed by atoms with van der Waals surface area (Å²) >= 11 is 12.4. The van der Waals surface area contributed by atoms with Crippen molar-refractivity contribution in [1.29, 1.82) is 0 Å². The average molecular weight is 393 g/mol. The molecule has 0 saturated heterocycles. The molecule has 6 nitrogen and oxygen atoms in total. The molecule has 26 heavy (non-hydrogen) atoms. The van der Waals surface area contributed by atoms with Crippen LogP contribution >= 0.6 is 23.2 Å². The largest absolute Gasteiger partial charge is 0.497 e. The number of nitrogens with zero attached hydrogens (tertiary/aromatic N) is 2. The summed E-state index contributed by atoms with van der Waals surface area (Å²) in [4.78, 5) is 12.2. The molecule has 3 N–H and O–H groups in total. The van der Waals surface area contributed by atoms with Crippen LogP contribution in [0, 0.1) is 5.92 Å². The molecule has 1 amide bonds. The van der Waals surface area contributed by atoms with Crippen molar-refractivity contribution < 1.29 is 9.53 Å². The lowest BCUT2D eigenvalue weighted by molar-refractivity contribution is -0.115. The fraction of sp³-hybridized carbons (Fsp3) is 0.222. The number of hydrazine groups is 1. The van der Waals surface area contributed by atoms with Gasteiger partial charge in [0.1, 0.15) is 11.5 Å². The third kappa shape index (κ3) is 3.35. The lowest BCUT2D eigenvalue weighted by Crippen LogP contribution is -2.38.